The molecule has 0 spiro atoms. The minimum absolute atomic E-state index is 0.0469. The number of carbonyl (C=O) groups excluding carboxylic acids is 1. The van der Waals surface area contributed by atoms with Crippen molar-refractivity contribution >= 4 is 33.8 Å². The Morgan fingerprint density at radius 3 is 2.70 bits per heavy atom. The van der Waals surface area contributed by atoms with Crippen molar-refractivity contribution in [2.45, 2.75) is 12.8 Å². The van der Waals surface area contributed by atoms with E-state index in [1.807, 2.05) is 48.7 Å². The number of rotatable bonds is 4. The van der Waals surface area contributed by atoms with Crippen LogP contribution in [0.25, 0.3) is 21.9 Å². The smallest absolute Gasteiger partial charge is 0.227 e. The van der Waals surface area contributed by atoms with E-state index in [1.54, 1.807) is 0 Å². The van der Waals surface area contributed by atoms with Gasteiger partial charge in [0, 0.05) is 23.5 Å². The Kier molecular flexibility index (Phi) is 3.31. The van der Waals surface area contributed by atoms with Gasteiger partial charge in [-0.15, -0.1) is 0 Å². The van der Waals surface area contributed by atoms with Gasteiger partial charge in [-0.25, -0.2) is 4.98 Å². The van der Waals surface area contributed by atoms with E-state index in [0.717, 1.165) is 22.1 Å². The number of hydrogen-bond acceptors (Lipinski definition) is 2. The normalized spacial score (nSPS) is 11.1. The van der Waals surface area contributed by atoms with E-state index < -0.39 is 0 Å². The zero-order valence-corrected chi connectivity index (χ0v) is 12.5. The van der Waals surface area contributed by atoms with Gasteiger partial charge in [-0.1, -0.05) is 30.3 Å². The third-order valence-corrected chi connectivity index (χ3v) is 3.94. The Morgan fingerprint density at radius 2 is 1.83 bits per heavy atom. The van der Waals surface area contributed by atoms with Crippen LogP contribution in [0.2, 0.25) is 0 Å². The van der Waals surface area contributed by atoms with Crippen molar-refractivity contribution in [1.82, 2.24) is 15.0 Å². The Hall–Kier alpha value is -3.08. The molecule has 0 aliphatic heterocycles. The highest BCUT2D eigenvalue weighted by atomic mass is 16.1. The van der Waals surface area contributed by atoms with Gasteiger partial charge in [0.2, 0.25) is 11.9 Å². The van der Waals surface area contributed by atoms with Crippen LogP contribution in [0.1, 0.15) is 12.0 Å². The van der Waals surface area contributed by atoms with E-state index in [9.17, 15) is 4.79 Å². The molecule has 0 bridgehead atoms. The Balaban J connectivity index is 1.43. The Morgan fingerprint density at radius 1 is 1.04 bits per heavy atom. The summed E-state index contributed by atoms with van der Waals surface area (Å²) in [5, 5.41) is 4.00. The number of H-pyrrole nitrogens is 2. The van der Waals surface area contributed by atoms with E-state index in [2.05, 4.69) is 26.3 Å². The molecule has 0 fully saturated rings. The third-order valence-electron chi connectivity index (χ3n) is 3.94. The number of para-hydroxylation sites is 3. The van der Waals surface area contributed by atoms with Gasteiger partial charge in [0.25, 0.3) is 0 Å². The zero-order chi connectivity index (χ0) is 15.6. The van der Waals surface area contributed by atoms with E-state index in [0.29, 0.717) is 18.8 Å². The minimum atomic E-state index is -0.0469. The van der Waals surface area contributed by atoms with Crippen LogP contribution >= 0.6 is 0 Å². The maximum atomic E-state index is 12.1. The van der Waals surface area contributed by atoms with Gasteiger partial charge in [0.05, 0.1) is 11.0 Å². The fraction of sp³-hybridized carbons (Fsp3) is 0.111. The molecule has 0 atom stereocenters. The van der Waals surface area contributed by atoms with Crippen molar-refractivity contribution in [3.8, 4) is 0 Å². The maximum absolute atomic E-state index is 12.1. The molecule has 23 heavy (non-hydrogen) atoms. The summed E-state index contributed by atoms with van der Waals surface area (Å²) in [7, 11) is 0. The molecule has 4 aromatic rings. The van der Waals surface area contributed by atoms with Crippen LogP contribution in [0.3, 0.4) is 0 Å². The summed E-state index contributed by atoms with van der Waals surface area (Å²) in [5.74, 6) is 0.449. The molecule has 1 amide bonds. The first-order valence-corrected chi connectivity index (χ1v) is 7.59. The number of fused-ring (bicyclic) bond motifs is 2. The highest BCUT2D eigenvalue weighted by Gasteiger charge is 2.09. The zero-order valence-electron chi connectivity index (χ0n) is 12.5. The monoisotopic (exact) mass is 304 g/mol. The summed E-state index contributed by atoms with van der Waals surface area (Å²) in [6.07, 6.45) is 3.08. The molecule has 0 saturated carbocycles. The molecule has 3 N–H and O–H groups in total. The highest BCUT2D eigenvalue weighted by molar-refractivity contribution is 5.91. The molecule has 0 aliphatic rings. The summed E-state index contributed by atoms with van der Waals surface area (Å²) in [5.41, 5.74) is 4.01. The number of aryl methyl sites for hydroxylation is 1. The van der Waals surface area contributed by atoms with Crippen molar-refractivity contribution < 1.29 is 4.79 Å². The number of hydrogen-bond donors (Lipinski definition) is 3. The van der Waals surface area contributed by atoms with Crippen LogP contribution < -0.4 is 5.32 Å². The minimum Gasteiger partial charge on any atom is -0.361 e. The number of amides is 1. The van der Waals surface area contributed by atoms with Gasteiger partial charge >= 0.3 is 0 Å². The average molecular weight is 304 g/mol. The summed E-state index contributed by atoms with van der Waals surface area (Å²) in [6.45, 7) is 0. The predicted molar refractivity (Wildman–Crippen MR) is 91.3 cm³/mol. The topological polar surface area (TPSA) is 73.6 Å². The van der Waals surface area contributed by atoms with Crippen LogP contribution in [0.5, 0.6) is 0 Å². The molecule has 0 unspecified atom stereocenters. The van der Waals surface area contributed by atoms with E-state index >= 15 is 0 Å². The lowest BCUT2D eigenvalue weighted by atomic mass is 10.1. The average Bonchev–Trinajstić information content (AvgIpc) is 3.16. The van der Waals surface area contributed by atoms with Gasteiger partial charge in [-0.3, -0.25) is 10.1 Å². The fourth-order valence-corrected chi connectivity index (χ4v) is 2.79. The Labute approximate surface area is 132 Å². The Bertz CT molecular complexity index is 950. The second-order valence-electron chi connectivity index (χ2n) is 5.51. The molecule has 114 valence electrons. The molecule has 2 heterocycles. The van der Waals surface area contributed by atoms with Gasteiger partial charge in [-0.2, -0.15) is 0 Å². The lowest BCUT2D eigenvalue weighted by Gasteiger charge is -2.01. The number of anilines is 1. The number of nitrogens with zero attached hydrogens (tertiary/aromatic N) is 1. The molecule has 4 rings (SSSR count). The molecule has 2 aromatic carbocycles. The SMILES string of the molecule is O=C(CCc1c[nH]c2ccccc12)Nc1nc2ccccc2[nH]1. The second-order valence-corrected chi connectivity index (χ2v) is 5.51. The maximum Gasteiger partial charge on any atom is 0.227 e. The van der Waals surface area contributed by atoms with Gasteiger partial charge in [0.15, 0.2) is 0 Å². The van der Waals surface area contributed by atoms with Crippen molar-refractivity contribution in [2.24, 2.45) is 0 Å². The molecule has 0 aliphatic carbocycles. The number of carbonyl (C=O) groups is 1. The number of aromatic amines is 2. The number of imidazole rings is 1. The van der Waals surface area contributed by atoms with Crippen molar-refractivity contribution in [2.75, 3.05) is 5.32 Å². The lowest BCUT2D eigenvalue weighted by molar-refractivity contribution is -0.116. The first kappa shape index (κ1) is 13.6. The van der Waals surface area contributed by atoms with Crippen molar-refractivity contribution in [3.05, 3.63) is 60.3 Å². The molecule has 5 heteroatoms. The van der Waals surface area contributed by atoms with Crippen molar-refractivity contribution in [1.29, 1.82) is 0 Å². The first-order chi connectivity index (χ1) is 11.3. The number of nitrogens with one attached hydrogen (secondary N) is 3. The second kappa shape index (κ2) is 5.61. The number of benzene rings is 2. The molecular formula is C18H16N4O. The summed E-state index contributed by atoms with van der Waals surface area (Å²) in [6, 6.07) is 15.8. The standard InChI is InChI=1S/C18H16N4O/c23-17(22-18-20-15-7-3-4-8-16(15)21-18)10-9-12-11-19-14-6-2-1-5-13(12)14/h1-8,11,19H,9-10H2,(H2,20,21,22,23). The molecule has 0 radical (unpaired) electrons. The van der Waals surface area contributed by atoms with Gasteiger partial charge < -0.3 is 9.97 Å². The van der Waals surface area contributed by atoms with E-state index in [1.165, 1.54) is 5.39 Å². The number of aromatic nitrogens is 3. The third kappa shape index (κ3) is 2.68. The largest absolute Gasteiger partial charge is 0.361 e. The quantitative estimate of drug-likeness (QED) is 0.539. The van der Waals surface area contributed by atoms with Crippen LogP contribution in [0.15, 0.2) is 54.7 Å². The highest BCUT2D eigenvalue weighted by Crippen LogP contribution is 2.19. The summed E-state index contributed by atoms with van der Waals surface area (Å²) < 4.78 is 0. The van der Waals surface area contributed by atoms with Crippen LogP contribution in [0.4, 0.5) is 5.95 Å². The summed E-state index contributed by atoms with van der Waals surface area (Å²) >= 11 is 0. The lowest BCUT2D eigenvalue weighted by Crippen LogP contribution is -2.13. The van der Waals surface area contributed by atoms with Crippen LogP contribution in [0, 0.1) is 0 Å². The fourth-order valence-electron chi connectivity index (χ4n) is 2.79. The van der Waals surface area contributed by atoms with Crippen LogP contribution in [-0.2, 0) is 11.2 Å². The van der Waals surface area contributed by atoms with E-state index in [4.69, 9.17) is 0 Å². The van der Waals surface area contributed by atoms with Gasteiger partial charge in [-0.05, 0) is 30.2 Å². The molecular weight excluding hydrogens is 288 g/mol. The van der Waals surface area contributed by atoms with Crippen molar-refractivity contribution in [3.63, 3.8) is 0 Å². The predicted octanol–water partition coefficient (Wildman–Crippen LogP) is 3.62. The summed E-state index contributed by atoms with van der Waals surface area (Å²) in [4.78, 5) is 22.8. The first-order valence-electron chi connectivity index (χ1n) is 7.59. The van der Waals surface area contributed by atoms with E-state index in [-0.39, 0.29) is 5.91 Å². The molecule has 5 nitrogen and oxygen atoms in total. The van der Waals surface area contributed by atoms with Gasteiger partial charge in [0.1, 0.15) is 0 Å². The molecule has 2 aromatic heterocycles. The molecule has 0 saturated heterocycles. The van der Waals surface area contributed by atoms with Crippen LogP contribution in [-0.4, -0.2) is 20.9 Å².